The maximum absolute atomic E-state index is 10.3. The maximum Gasteiger partial charge on any atom is 0.231 e. The van der Waals surface area contributed by atoms with Gasteiger partial charge in [-0.1, -0.05) is 6.07 Å². The van der Waals surface area contributed by atoms with Crippen LogP contribution < -0.4 is 9.47 Å². The van der Waals surface area contributed by atoms with Gasteiger partial charge in [-0.25, -0.2) is 0 Å². The van der Waals surface area contributed by atoms with Gasteiger partial charge in [-0.2, -0.15) is 0 Å². The Kier molecular flexibility index (Phi) is 4.63. The predicted molar refractivity (Wildman–Crippen MR) is 78.6 cm³/mol. The van der Waals surface area contributed by atoms with E-state index < -0.39 is 6.10 Å². The second-order valence-electron chi connectivity index (χ2n) is 5.91. The highest BCUT2D eigenvalue weighted by Crippen LogP contribution is 2.34. The summed E-state index contributed by atoms with van der Waals surface area (Å²) in [5, 5.41) is 10.3. The Balaban J connectivity index is 1.42. The second-order valence-corrected chi connectivity index (χ2v) is 5.91. The lowest BCUT2D eigenvalue weighted by molar-refractivity contribution is 0.0794. The Morgan fingerprint density at radius 2 is 2.14 bits per heavy atom. The van der Waals surface area contributed by atoms with E-state index in [2.05, 4.69) is 4.90 Å². The van der Waals surface area contributed by atoms with E-state index in [-0.39, 0.29) is 6.79 Å². The highest BCUT2D eigenvalue weighted by Gasteiger charge is 2.21. The van der Waals surface area contributed by atoms with Crippen molar-refractivity contribution < 1.29 is 19.3 Å². The zero-order valence-corrected chi connectivity index (χ0v) is 12.5. The molecule has 1 fully saturated rings. The van der Waals surface area contributed by atoms with Gasteiger partial charge >= 0.3 is 0 Å². The Morgan fingerprint density at radius 1 is 1.33 bits per heavy atom. The highest BCUT2D eigenvalue weighted by atomic mass is 16.7. The van der Waals surface area contributed by atoms with Gasteiger partial charge in [0.15, 0.2) is 11.5 Å². The minimum atomic E-state index is -0.534. The van der Waals surface area contributed by atoms with Gasteiger partial charge in [0.2, 0.25) is 6.79 Å². The van der Waals surface area contributed by atoms with Crippen LogP contribution in [-0.2, 0) is 4.74 Å². The Hall–Kier alpha value is -1.30. The Labute approximate surface area is 125 Å². The van der Waals surface area contributed by atoms with Gasteiger partial charge in [-0.05, 0) is 43.5 Å². The number of benzene rings is 1. The van der Waals surface area contributed by atoms with E-state index in [4.69, 9.17) is 14.2 Å². The fourth-order valence-electron chi connectivity index (χ4n) is 2.37. The van der Waals surface area contributed by atoms with Crippen LogP contribution in [0.4, 0.5) is 0 Å². The molecule has 5 nitrogen and oxygen atoms in total. The summed E-state index contributed by atoms with van der Waals surface area (Å²) in [6.45, 7) is 3.27. The predicted octanol–water partition coefficient (Wildman–Crippen LogP) is 1.81. The van der Waals surface area contributed by atoms with E-state index >= 15 is 0 Å². The standard InChI is InChI=1S/C16H23NO4/c1-17(6-7-19-10-12-2-3-12)9-14(18)13-4-5-15-16(8-13)21-11-20-15/h4-5,8,12,14,18H,2-3,6-7,9-11H2,1H3. The number of likely N-dealkylation sites (N-methyl/N-ethyl adjacent to an activating group) is 1. The van der Waals surface area contributed by atoms with Gasteiger partial charge in [0.25, 0.3) is 0 Å². The summed E-state index contributed by atoms with van der Waals surface area (Å²) in [7, 11) is 2.00. The first-order chi connectivity index (χ1) is 10.2. The van der Waals surface area contributed by atoms with Crippen LogP contribution in [0.15, 0.2) is 18.2 Å². The highest BCUT2D eigenvalue weighted by molar-refractivity contribution is 5.45. The molecule has 116 valence electrons. The molecule has 3 rings (SSSR count). The summed E-state index contributed by atoms with van der Waals surface area (Å²) in [4.78, 5) is 2.09. The fraction of sp³-hybridized carbons (Fsp3) is 0.625. The van der Waals surface area contributed by atoms with Crippen LogP contribution in [0.5, 0.6) is 11.5 Å². The van der Waals surface area contributed by atoms with Crippen molar-refractivity contribution in [3.05, 3.63) is 23.8 Å². The van der Waals surface area contributed by atoms with E-state index in [0.717, 1.165) is 37.0 Å². The maximum atomic E-state index is 10.3. The number of aliphatic hydroxyl groups excluding tert-OH is 1. The molecular formula is C16H23NO4. The van der Waals surface area contributed by atoms with Crippen molar-refractivity contribution in [1.82, 2.24) is 4.90 Å². The Bertz CT molecular complexity index is 475. The van der Waals surface area contributed by atoms with E-state index in [0.29, 0.717) is 12.3 Å². The largest absolute Gasteiger partial charge is 0.454 e. The summed E-state index contributed by atoms with van der Waals surface area (Å²) >= 11 is 0. The first-order valence-electron chi connectivity index (χ1n) is 7.56. The SMILES string of the molecule is CN(CCOCC1CC1)CC(O)c1ccc2c(c1)OCO2. The van der Waals surface area contributed by atoms with Crippen LogP contribution >= 0.6 is 0 Å². The van der Waals surface area contributed by atoms with Crippen molar-refractivity contribution >= 4 is 0 Å². The summed E-state index contributed by atoms with van der Waals surface area (Å²) in [6, 6.07) is 5.58. The van der Waals surface area contributed by atoms with Crippen LogP contribution in [0.1, 0.15) is 24.5 Å². The van der Waals surface area contributed by atoms with Crippen molar-refractivity contribution in [3.8, 4) is 11.5 Å². The third kappa shape index (κ3) is 4.09. The van der Waals surface area contributed by atoms with Gasteiger partial charge in [-0.15, -0.1) is 0 Å². The third-order valence-corrected chi connectivity index (χ3v) is 3.93. The molecule has 2 aliphatic rings. The summed E-state index contributed by atoms with van der Waals surface area (Å²) in [5.41, 5.74) is 0.852. The van der Waals surface area contributed by atoms with Crippen LogP contribution in [0, 0.1) is 5.92 Å². The molecule has 0 aromatic heterocycles. The number of rotatable bonds is 8. The van der Waals surface area contributed by atoms with Crippen LogP contribution in [-0.4, -0.2) is 50.2 Å². The molecule has 0 saturated heterocycles. The molecule has 0 radical (unpaired) electrons. The number of aliphatic hydroxyl groups is 1. The van der Waals surface area contributed by atoms with Gasteiger partial charge in [0, 0.05) is 19.7 Å². The monoisotopic (exact) mass is 293 g/mol. The van der Waals surface area contributed by atoms with Crippen LogP contribution in [0.2, 0.25) is 0 Å². The van der Waals surface area contributed by atoms with Crippen LogP contribution in [0.3, 0.4) is 0 Å². The quantitative estimate of drug-likeness (QED) is 0.741. The molecule has 1 aliphatic heterocycles. The summed E-state index contributed by atoms with van der Waals surface area (Å²) < 4.78 is 16.2. The van der Waals surface area contributed by atoms with Gasteiger partial charge in [0.1, 0.15) is 0 Å². The van der Waals surface area contributed by atoms with E-state index in [1.54, 1.807) is 0 Å². The second kappa shape index (κ2) is 6.64. The Morgan fingerprint density at radius 3 is 2.95 bits per heavy atom. The van der Waals surface area contributed by atoms with Crippen molar-refractivity contribution in [3.63, 3.8) is 0 Å². The third-order valence-electron chi connectivity index (χ3n) is 3.93. The minimum absolute atomic E-state index is 0.257. The first-order valence-corrected chi connectivity index (χ1v) is 7.56. The molecular weight excluding hydrogens is 270 g/mol. The molecule has 5 heteroatoms. The molecule has 1 aromatic rings. The first kappa shape index (κ1) is 14.6. The molecule has 1 atom stereocenters. The van der Waals surface area contributed by atoms with E-state index in [1.807, 2.05) is 25.2 Å². The van der Waals surface area contributed by atoms with E-state index in [9.17, 15) is 5.11 Å². The molecule has 1 unspecified atom stereocenters. The smallest absolute Gasteiger partial charge is 0.231 e. The number of ether oxygens (including phenoxy) is 3. The number of nitrogens with zero attached hydrogens (tertiary/aromatic N) is 1. The number of hydrogen-bond acceptors (Lipinski definition) is 5. The molecule has 0 spiro atoms. The normalized spacial score (nSPS) is 18.2. The number of fused-ring (bicyclic) bond motifs is 1. The van der Waals surface area contributed by atoms with Crippen molar-refractivity contribution in [2.45, 2.75) is 18.9 Å². The lowest BCUT2D eigenvalue weighted by atomic mass is 10.1. The minimum Gasteiger partial charge on any atom is -0.454 e. The zero-order valence-electron chi connectivity index (χ0n) is 12.5. The topological polar surface area (TPSA) is 51.2 Å². The number of hydrogen-bond donors (Lipinski definition) is 1. The fourth-order valence-corrected chi connectivity index (χ4v) is 2.37. The molecule has 0 amide bonds. The lowest BCUT2D eigenvalue weighted by Gasteiger charge is -2.21. The molecule has 0 bridgehead atoms. The molecule has 1 heterocycles. The van der Waals surface area contributed by atoms with Crippen molar-refractivity contribution in [1.29, 1.82) is 0 Å². The summed E-state index contributed by atoms with van der Waals surface area (Å²) in [6.07, 6.45) is 2.10. The zero-order chi connectivity index (χ0) is 14.7. The molecule has 21 heavy (non-hydrogen) atoms. The average molecular weight is 293 g/mol. The van der Waals surface area contributed by atoms with Crippen LogP contribution in [0.25, 0.3) is 0 Å². The molecule has 1 aliphatic carbocycles. The van der Waals surface area contributed by atoms with Gasteiger partial charge < -0.3 is 24.2 Å². The molecule has 1 saturated carbocycles. The summed E-state index contributed by atoms with van der Waals surface area (Å²) in [5.74, 6) is 2.25. The molecule has 1 N–H and O–H groups in total. The average Bonchev–Trinajstić information content (AvgIpc) is 3.18. The lowest BCUT2D eigenvalue weighted by Crippen LogP contribution is -2.28. The van der Waals surface area contributed by atoms with Gasteiger partial charge in [-0.3, -0.25) is 0 Å². The van der Waals surface area contributed by atoms with E-state index in [1.165, 1.54) is 12.8 Å². The van der Waals surface area contributed by atoms with Crippen molar-refractivity contribution in [2.75, 3.05) is 40.1 Å². The van der Waals surface area contributed by atoms with Gasteiger partial charge in [0.05, 0.1) is 12.7 Å². The van der Waals surface area contributed by atoms with Crippen molar-refractivity contribution in [2.24, 2.45) is 5.92 Å². The molecule has 1 aromatic carbocycles.